The lowest BCUT2D eigenvalue weighted by atomic mass is 10.1. The van der Waals surface area contributed by atoms with E-state index in [1.807, 2.05) is 26.0 Å². The van der Waals surface area contributed by atoms with E-state index < -0.39 is 11.9 Å². The Morgan fingerprint density at radius 1 is 1.25 bits per heavy atom. The van der Waals surface area contributed by atoms with Crippen LogP contribution in [-0.4, -0.2) is 10.1 Å². The molecule has 20 heavy (non-hydrogen) atoms. The van der Waals surface area contributed by atoms with Crippen LogP contribution in [-0.2, 0) is 6.42 Å². The summed E-state index contributed by atoms with van der Waals surface area (Å²) in [5.74, 6) is 0.432. The fourth-order valence-electron chi connectivity index (χ4n) is 2.07. The number of aliphatic hydroxyl groups excluding tert-OH is 1. The highest BCUT2D eigenvalue weighted by Gasteiger charge is 2.16. The van der Waals surface area contributed by atoms with Crippen molar-refractivity contribution in [3.05, 3.63) is 53.1 Å². The Kier molecular flexibility index (Phi) is 4.35. The van der Waals surface area contributed by atoms with Gasteiger partial charge in [0.2, 0.25) is 0 Å². The largest absolute Gasteiger partial charge is 0.455 e. The minimum absolute atomic E-state index is 0.162. The number of aliphatic hydroxyl groups is 1. The highest BCUT2D eigenvalue weighted by Crippen LogP contribution is 2.32. The van der Waals surface area contributed by atoms with E-state index in [-0.39, 0.29) is 5.56 Å². The van der Waals surface area contributed by atoms with Gasteiger partial charge in [0.15, 0.2) is 0 Å². The van der Waals surface area contributed by atoms with E-state index in [9.17, 15) is 9.50 Å². The Hall–Kier alpha value is -1.94. The first kappa shape index (κ1) is 14.5. The predicted molar refractivity (Wildman–Crippen MR) is 75.5 cm³/mol. The van der Waals surface area contributed by atoms with Crippen molar-refractivity contribution in [2.24, 2.45) is 0 Å². The zero-order chi connectivity index (χ0) is 14.7. The van der Waals surface area contributed by atoms with Crippen LogP contribution >= 0.6 is 0 Å². The van der Waals surface area contributed by atoms with Gasteiger partial charge in [-0.05, 0) is 44.5 Å². The maximum absolute atomic E-state index is 13.8. The van der Waals surface area contributed by atoms with Gasteiger partial charge in [0.1, 0.15) is 17.3 Å². The average Bonchev–Trinajstić information content (AvgIpc) is 2.40. The molecule has 0 radical (unpaired) electrons. The number of rotatable bonds is 4. The van der Waals surface area contributed by atoms with Crippen LogP contribution in [0.25, 0.3) is 0 Å². The average molecular weight is 275 g/mol. The van der Waals surface area contributed by atoms with Crippen LogP contribution in [0.15, 0.2) is 30.3 Å². The Morgan fingerprint density at radius 3 is 2.65 bits per heavy atom. The second kappa shape index (κ2) is 6.01. The number of aromatic nitrogens is 1. The molecule has 4 heteroatoms. The standard InChI is InChI=1S/C16H18FNO2/c1-4-13-14(9-8-10(2)18-13)20-15-7-5-6-12(17)16(15)11(3)19/h5-9,11,19H,4H2,1-3H3/t11-/m1/s1. The highest BCUT2D eigenvalue weighted by atomic mass is 19.1. The van der Waals surface area contributed by atoms with Gasteiger partial charge >= 0.3 is 0 Å². The number of benzene rings is 1. The van der Waals surface area contributed by atoms with Crippen LogP contribution in [0, 0.1) is 12.7 Å². The van der Waals surface area contributed by atoms with Crippen LogP contribution in [0.4, 0.5) is 4.39 Å². The summed E-state index contributed by atoms with van der Waals surface area (Å²) in [6.45, 7) is 5.40. The molecular formula is C16H18FNO2. The summed E-state index contributed by atoms with van der Waals surface area (Å²) >= 11 is 0. The second-order valence-corrected chi connectivity index (χ2v) is 4.68. The molecule has 0 aliphatic carbocycles. The molecule has 1 aromatic carbocycles. The van der Waals surface area contributed by atoms with Gasteiger partial charge in [0, 0.05) is 5.69 Å². The number of ether oxygens (including phenoxy) is 1. The summed E-state index contributed by atoms with van der Waals surface area (Å²) in [5.41, 5.74) is 1.88. The third-order valence-electron chi connectivity index (χ3n) is 3.06. The molecule has 2 aromatic rings. The van der Waals surface area contributed by atoms with Crippen LogP contribution in [0.1, 0.15) is 36.9 Å². The summed E-state index contributed by atoms with van der Waals surface area (Å²) in [7, 11) is 0. The first-order valence-electron chi connectivity index (χ1n) is 6.63. The van der Waals surface area contributed by atoms with Crippen molar-refractivity contribution in [3.63, 3.8) is 0 Å². The Morgan fingerprint density at radius 2 is 2.00 bits per heavy atom. The van der Waals surface area contributed by atoms with Crippen molar-refractivity contribution in [2.45, 2.75) is 33.3 Å². The number of aryl methyl sites for hydroxylation is 2. The van der Waals surface area contributed by atoms with Crippen molar-refractivity contribution in [1.82, 2.24) is 4.98 Å². The summed E-state index contributed by atoms with van der Waals surface area (Å²) < 4.78 is 19.6. The van der Waals surface area contributed by atoms with Crippen LogP contribution < -0.4 is 4.74 Å². The molecule has 0 aliphatic heterocycles. The molecule has 0 saturated carbocycles. The molecule has 2 rings (SSSR count). The lowest BCUT2D eigenvalue weighted by Gasteiger charge is -2.15. The summed E-state index contributed by atoms with van der Waals surface area (Å²) in [5, 5.41) is 9.70. The van der Waals surface area contributed by atoms with Gasteiger partial charge in [0.05, 0.1) is 17.4 Å². The van der Waals surface area contributed by atoms with E-state index in [0.29, 0.717) is 11.5 Å². The summed E-state index contributed by atoms with van der Waals surface area (Å²) in [6, 6.07) is 8.17. The van der Waals surface area contributed by atoms with E-state index >= 15 is 0 Å². The number of nitrogens with zero attached hydrogens (tertiary/aromatic N) is 1. The zero-order valence-corrected chi connectivity index (χ0v) is 11.9. The van der Waals surface area contributed by atoms with Crippen LogP contribution in [0.2, 0.25) is 0 Å². The predicted octanol–water partition coefficient (Wildman–Crippen LogP) is 3.94. The van der Waals surface area contributed by atoms with E-state index in [2.05, 4.69) is 4.98 Å². The van der Waals surface area contributed by atoms with Gasteiger partial charge in [-0.25, -0.2) is 4.39 Å². The van der Waals surface area contributed by atoms with Gasteiger partial charge in [-0.3, -0.25) is 4.98 Å². The molecule has 106 valence electrons. The Bertz CT molecular complexity index is 611. The summed E-state index contributed by atoms with van der Waals surface area (Å²) in [6.07, 6.45) is -0.217. The van der Waals surface area contributed by atoms with Gasteiger partial charge < -0.3 is 9.84 Å². The van der Waals surface area contributed by atoms with E-state index in [1.54, 1.807) is 12.1 Å². The number of halogens is 1. The number of hydrogen-bond donors (Lipinski definition) is 1. The number of hydrogen-bond acceptors (Lipinski definition) is 3. The van der Waals surface area contributed by atoms with Crippen molar-refractivity contribution >= 4 is 0 Å². The smallest absolute Gasteiger partial charge is 0.148 e. The van der Waals surface area contributed by atoms with Crippen molar-refractivity contribution in [1.29, 1.82) is 0 Å². The van der Waals surface area contributed by atoms with Crippen molar-refractivity contribution in [2.75, 3.05) is 0 Å². The van der Waals surface area contributed by atoms with Gasteiger partial charge in [-0.1, -0.05) is 13.0 Å². The van der Waals surface area contributed by atoms with E-state index in [4.69, 9.17) is 4.74 Å². The molecule has 1 aromatic heterocycles. The first-order valence-corrected chi connectivity index (χ1v) is 6.63. The summed E-state index contributed by atoms with van der Waals surface area (Å²) in [4.78, 5) is 4.40. The molecule has 0 aliphatic rings. The molecule has 0 unspecified atom stereocenters. The molecule has 1 N–H and O–H groups in total. The van der Waals surface area contributed by atoms with E-state index in [1.165, 1.54) is 13.0 Å². The maximum atomic E-state index is 13.8. The molecule has 1 atom stereocenters. The SMILES string of the molecule is CCc1nc(C)ccc1Oc1cccc(F)c1[C@@H](C)O. The first-order chi connectivity index (χ1) is 9.52. The quantitative estimate of drug-likeness (QED) is 0.919. The zero-order valence-electron chi connectivity index (χ0n) is 11.9. The minimum Gasteiger partial charge on any atom is -0.455 e. The molecule has 0 spiro atoms. The Labute approximate surface area is 118 Å². The van der Waals surface area contributed by atoms with Gasteiger partial charge in [0.25, 0.3) is 0 Å². The molecule has 0 saturated heterocycles. The minimum atomic E-state index is -0.935. The maximum Gasteiger partial charge on any atom is 0.148 e. The van der Waals surface area contributed by atoms with Crippen molar-refractivity contribution < 1.29 is 14.2 Å². The molecule has 3 nitrogen and oxygen atoms in total. The van der Waals surface area contributed by atoms with Crippen LogP contribution in [0.3, 0.4) is 0 Å². The van der Waals surface area contributed by atoms with Gasteiger partial charge in [-0.15, -0.1) is 0 Å². The topological polar surface area (TPSA) is 42.4 Å². The lowest BCUT2D eigenvalue weighted by Crippen LogP contribution is -2.02. The molecular weight excluding hydrogens is 257 g/mol. The number of pyridine rings is 1. The highest BCUT2D eigenvalue weighted by molar-refractivity contribution is 5.41. The Balaban J connectivity index is 2.43. The second-order valence-electron chi connectivity index (χ2n) is 4.68. The molecule has 0 bridgehead atoms. The monoisotopic (exact) mass is 275 g/mol. The third kappa shape index (κ3) is 2.96. The fraction of sp³-hybridized carbons (Fsp3) is 0.312. The fourth-order valence-corrected chi connectivity index (χ4v) is 2.07. The lowest BCUT2D eigenvalue weighted by molar-refractivity contribution is 0.190. The molecule has 0 fully saturated rings. The van der Waals surface area contributed by atoms with Crippen molar-refractivity contribution in [3.8, 4) is 11.5 Å². The van der Waals surface area contributed by atoms with Gasteiger partial charge in [-0.2, -0.15) is 0 Å². The third-order valence-corrected chi connectivity index (χ3v) is 3.06. The molecule has 0 amide bonds. The molecule has 1 heterocycles. The van der Waals surface area contributed by atoms with E-state index in [0.717, 1.165) is 17.8 Å². The van der Waals surface area contributed by atoms with Crippen LogP contribution in [0.5, 0.6) is 11.5 Å². The normalized spacial score (nSPS) is 12.2.